The number of rotatable bonds is 5. The molecular weight excluding hydrogens is 292 g/mol. The summed E-state index contributed by atoms with van der Waals surface area (Å²) in [5.41, 5.74) is 4.91. The van der Waals surface area contributed by atoms with Crippen LogP contribution in [0.1, 0.15) is 21.5 Å². The minimum atomic E-state index is -0.275. The fraction of sp³-hybridized carbons (Fsp3) is 0.133. The molecule has 0 aliphatic carbocycles. The first-order chi connectivity index (χ1) is 9.70. The van der Waals surface area contributed by atoms with Crippen molar-refractivity contribution in [2.45, 2.75) is 11.5 Å². The van der Waals surface area contributed by atoms with Crippen molar-refractivity contribution in [1.82, 2.24) is 5.43 Å². The Bertz CT molecular complexity index is 604. The molecule has 0 unspecified atom stereocenters. The smallest absolute Gasteiger partial charge is 0.265 e. The molecule has 5 heteroatoms. The van der Waals surface area contributed by atoms with E-state index in [0.717, 1.165) is 27.7 Å². The Morgan fingerprint density at radius 3 is 2.70 bits per heavy atom. The van der Waals surface area contributed by atoms with Gasteiger partial charge in [-0.3, -0.25) is 10.2 Å². The van der Waals surface area contributed by atoms with Gasteiger partial charge in [0.2, 0.25) is 0 Å². The van der Waals surface area contributed by atoms with Crippen molar-refractivity contribution in [2.24, 2.45) is 5.84 Å². The highest BCUT2D eigenvalue weighted by atomic mass is 35.5. The zero-order valence-electron chi connectivity index (χ0n) is 10.8. The molecule has 2 rings (SSSR count). The monoisotopic (exact) mass is 306 g/mol. The lowest BCUT2D eigenvalue weighted by Crippen LogP contribution is -2.29. The lowest BCUT2D eigenvalue weighted by atomic mass is 10.1. The van der Waals surface area contributed by atoms with Gasteiger partial charge in [0, 0.05) is 22.1 Å². The number of nitrogen functional groups attached to an aromatic ring is 1. The molecular formula is C15H15ClN2OS. The zero-order valence-corrected chi connectivity index (χ0v) is 12.4. The summed E-state index contributed by atoms with van der Waals surface area (Å²) in [6.45, 7) is 0. The summed E-state index contributed by atoms with van der Waals surface area (Å²) in [4.78, 5) is 11.4. The minimum absolute atomic E-state index is 0.275. The van der Waals surface area contributed by atoms with E-state index in [2.05, 4.69) is 5.43 Å². The van der Waals surface area contributed by atoms with Gasteiger partial charge in [0.25, 0.3) is 5.91 Å². The molecule has 1 amide bonds. The lowest BCUT2D eigenvalue weighted by Gasteiger charge is -2.06. The molecule has 0 fully saturated rings. The second kappa shape index (κ2) is 7.33. The summed E-state index contributed by atoms with van der Waals surface area (Å²) in [5.74, 6) is 6.51. The summed E-state index contributed by atoms with van der Waals surface area (Å²) < 4.78 is 0. The van der Waals surface area contributed by atoms with Crippen molar-refractivity contribution in [3.05, 3.63) is 70.2 Å². The van der Waals surface area contributed by atoms with Crippen molar-refractivity contribution in [3.8, 4) is 0 Å². The molecule has 0 atom stereocenters. The Labute approximate surface area is 127 Å². The molecule has 0 aromatic heterocycles. The number of carbonyl (C=O) groups excluding carboxylic acids is 1. The van der Waals surface area contributed by atoms with Crippen LogP contribution in [0.25, 0.3) is 0 Å². The normalized spacial score (nSPS) is 10.3. The van der Waals surface area contributed by atoms with E-state index in [1.807, 2.05) is 42.5 Å². The molecule has 2 aromatic rings. The molecule has 20 heavy (non-hydrogen) atoms. The van der Waals surface area contributed by atoms with Crippen LogP contribution in [0.3, 0.4) is 0 Å². The van der Waals surface area contributed by atoms with E-state index >= 15 is 0 Å². The topological polar surface area (TPSA) is 55.1 Å². The van der Waals surface area contributed by atoms with Crippen LogP contribution in [0.15, 0.2) is 48.5 Å². The molecule has 0 heterocycles. The van der Waals surface area contributed by atoms with E-state index in [0.29, 0.717) is 5.56 Å². The fourth-order valence-electron chi connectivity index (χ4n) is 1.78. The SMILES string of the molecule is NNC(=O)c1cccc(CSCc2ccccc2Cl)c1. The standard InChI is InChI=1S/C15H15ClN2OS/c16-14-7-2-1-5-13(14)10-20-9-11-4-3-6-12(8-11)15(19)18-17/h1-8H,9-10,17H2,(H,18,19). The highest BCUT2D eigenvalue weighted by Gasteiger charge is 2.04. The minimum Gasteiger partial charge on any atom is -0.290 e. The van der Waals surface area contributed by atoms with E-state index < -0.39 is 0 Å². The number of nitrogens with one attached hydrogen (secondary N) is 1. The third kappa shape index (κ3) is 4.00. The first-order valence-electron chi connectivity index (χ1n) is 6.11. The van der Waals surface area contributed by atoms with Gasteiger partial charge in [-0.15, -0.1) is 0 Å². The maximum Gasteiger partial charge on any atom is 0.265 e. The Morgan fingerprint density at radius 2 is 1.95 bits per heavy atom. The van der Waals surface area contributed by atoms with Crippen LogP contribution in [0, 0.1) is 0 Å². The average molecular weight is 307 g/mol. The van der Waals surface area contributed by atoms with E-state index in [4.69, 9.17) is 17.4 Å². The molecule has 3 nitrogen and oxygen atoms in total. The van der Waals surface area contributed by atoms with E-state index in [1.165, 1.54) is 0 Å². The van der Waals surface area contributed by atoms with Gasteiger partial charge in [-0.05, 0) is 29.3 Å². The number of amides is 1. The second-order valence-electron chi connectivity index (χ2n) is 4.26. The van der Waals surface area contributed by atoms with Gasteiger partial charge in [0.1, 0.15) is 0 Å². The Hall–Kier alpha value is -1.49. The quantitative estimate of drug-likeness (QED) is 0.506. The van der Waals surface area contributed by atoms with Crippen molar-refractivity contribution in [2.75, 3.05) is 0 Å². The van der Waals surface area contributed by atoms with Crippen molar-refractivity contribution < 1.29 is 4.79 Å². The number of nitrogens with two attached hydrogens (primary N) is 1. The number of benzene rings is 2. The van der Waals surface area contributed by atoms with Crippen LogP contribution < -0.4 is 11.3 Å². The molecule has 3 N–H and O–H groups in total. The van der Waals surface area contributed by atoms with Gasteiger partial charge in [-0.25, -0.2) is 5.84 Å². The molecule has 0 spiro atoms. The first-order valence-corrected chi connectivity index (χ1v) is 7.65. The molecule has 2 aromatic carbocycles. The first kappa shape index (κ1) is 14.9. The molecule has 0 aliphatic heterocycles. The third-order valence-corrected chi connectivity index (χ3v) is 4.23. The maximum absolute atomic E-state index is 11.4. The molecule has 0 radical (unpaired) electrons. The van der Waals surface area contributed by atoms with Crippen LogP contribution in [0.5, 0.6) is 0 Å². The second-order valence-corrected chi connectivity index (χ2v) is 5.65. The van der Waals surface area contributed by atoms with E-state index in [-0.39, 0.29) is 5.91 Å². The van der Waals surface area contributed by atoms with Crippen molar-refractivity contribution in [3.63, 3.8) is 0 Å². The number of hydrogen-bond donors (Lipinski definition) is 2. The molecule has 0 aliphatic rings. The fourth-order valence-corrected chi connectivity index (χ4v) is 3.05. The van der Waals surface area contributed by atoms with Gasteiger partial charge in [-0.2, -0.15) is 11.8 Å². The number of carbonyl (C=O) groups is 1. The van der Waals surface area contributed by atoms with Crippen molar-refractivity contribution >= 4 is 29.3 Å². The summed E-state index contributed by atoms with van der Waals surface area (Å²) >= 11 is 7.87. The highest BCUT2D eigenvalue weighted by Crippen LogP contribution is 2.23. The number of halogens is 1. The Balaban J connectivity index is 1.94. The van der Waals surface area contributed by atoms with Crippen LogP contribution in [-0.4, -0.2) is 5.91 Å². The van der Waals surface area contributed by atoms with Gasteiger partial charge in [0.05, 0.1) is 0 Å². The highest BCUT2D eigenvalue weighted by molar-refractivity contribution is 7.97. The van der Waals surface area contributed by atoms with E-state index in [9.17, 15) is 4.79 Å². The van der Waals surface area contributed by atoms with E-state index in [1.54, 1.807) is 17.8 Å². The molecule has 104 valence electrons. The largest absolute Gasteiger partial charge is 0.290 e. The van der Waals surface area contributed by atoms with Gasteiger partial charge in [0.15, 0.2) is 0 Å². The number of hydrazine groups is 1. The Morgan fingerprint density at radius 1 is 1.15 bits per heavy atom. The van der Waals surface area contributed by atoms with Crippen LogP contribution in [-0.2, 0) is 11.5 Å². The molecule has 0 bridgehead atoms. The van der Waals surface area contributed by atoms with Gasteiger partial charge < -0.3 is 0 Å². The lowest BCUT2D eigenvalue weighted by molar-refractivity contribution is 0.0953. The molecule has 0 saturated heterocycles. The predicted molar refractivity (Wildman–Crippen MR) is 84.5 cm³/mol. The predicted octanol–water partition coefficient (Wildman–Crippen LogP) is 3.38. The summed E-state index contributed by atoms with van der Waals surface area (Å²) in [7, 11) is 0. The van der Waals surface area contributed by atoms with Gasteiger partial charge >= 0.3 is 0 Å². The summed E-state index contributed by atoms with van der Waals surface area (Å²) in [6.07, 6.45) is 0. The molecule has 0 saturated carbocycles. The summed E-state index contributed by atoms with van der Waals surface area (Å²) in [6, 6.07) is 15.3. The number of thioether (sulfide) groups is 1. The van der Waals surface area contributed by atoms with Crippen LogP contribution in [0.2, 0.25) is 5.02 Å². The zero-order chi connectivity index (χ0) is 14.4. The number of hydrogen-bond acceptors (Lipinski definition) is 3. The van der Waals surface area contributed by atoms with Crippen LogP contribution in [0.4, 0.5) is 0 Å². The van der Waals surface area contributed by atoms with Gasteiger partial charge in [-0.1, -0.05) is 41.9 Å². The van der Waals surface area contributed by atoms with Crippen molar-refractivity contribution in [1.29, 1.82) is 0 Å². The average Bonchev–Trinajstić information content (AvgIpc) is 2.49. The third-order valence-electron chi connectivity index (χ3n) is 2.80. The summed E-state index contributed by atoms with van der Waals surface area (Å²) in [5, 5.41) is 0.788. The Kier molecular flexibility index (Phi) is 5.47. The maximum atomic E-state index is 11.4. The van der Waals surface area contributed by atoms with Crippen LogP contribution >= 0.6 is 23.4 Å².